The van der Waals surface area contributed by atoms with Crippen LogP contribution in [0.2, 0.25) is 0 Å². The molecule has 17 heavy (non-hydrogen) atoms. The second kappa shape index (κ2) is 5.56. The van der Waals surface area contributed by atoms with Crippen LogP contribution in [0.1, 0.15) is 18.2 Å². The van der Waals surface area contributed by atoms with Crippen LogP contribution < -0.4 is 0 Å². The van der Waals surface area contributed by atoms with Gasteiger partial charge in [-0.15, -0.1) is 5.10 Å². The second-order valence-corrected chi connectivity index (χ2v) is 3.70. The van der Waals surface area contributed by atoms with Gasteiger partial charge in [-0.25, -0.2) is 4.68 Å². The Balaban J connectivity index is 2.23. The van der Waals surface area contributed by atoms with E-state index in [1.807, 2.05) is 30.3 Å². The Morgan fingerprint density at radius 1 is 1.35 bits per heavy atom. The molecule has 2 rings (SSSR count). The number of methoxy groups -OCH3 is 1. The molecule has 0 aliphatic carbocycles. The Hall–Kier alpha value is -1.72. The standard InChI is InChI=1S/C12H15N3O2/c1-17-8-7-12(16)11-9-13-14-15(11)10-5-3-2-4-6-10/h2-6,9,12,16H,7-8H2,1H3. The Bertz CT molecular complexity index is 456. The minimum absolute atomic E-state index is 0.501. The first-order chi connectivity index (χ1) is 8.33. The van der Waals surface area contributed by atoms with Crippen molar-refractivity contribution in [1.29, 1.82) is 0 Å². The quantitative estimate of drug-likeness (QED) is 0.846. The van der Waals surface area contributed by atoms with Crippen molar-refractivity contribution in [2.75, 3.05) is 13.7 Å². The summed E-state index contributed by atoms with van der Waals surface area (Å²) in [6.45, 7) is 0.501. The highest BCUT2D eigenvalue weighted by atomic mass is 16.5. The molecule has 0 radical (unpaired) electrons. The minimum atomic E-state index is -0.620. The van der Waals surface area contributed by atoms with Gasteiger partial charge in [-0.2, -0.15) is 0 Å². The van der Waals surface area contributed by atoms with Crippen molar-refractivity contribution < 1.29 is 9.84 Å². The number of benzene rings is 1. The fourth-order valence-corrected chi connectivity index (χ4v) is 1.62. The highest BCUT2D eigenvalue weighted by Crippen LogP contribution is 2.18. The van der Waals surface area contributed by atoms with Gasteiger partial charge in [-0.3, -0.25) is 0 Å². The van der Waals surface area contributed by atoms with Gasteiger partial charge in [0.05, 0.1) is 23.7 Å². The van der Waals surface area contributed by atoms with Crippen LogP contribution in [0, 0.1) is 0 Å². The largest absolute Gasteiger partial charge is 0.387 e. The van der Waals surface area contributed by atoms with Crippen molar-refractivity contribution in [2.45, 2.75) is 12.5 Å². The van der Waals surface area contributed by atoms with E-state index >= 15 is 0 Å². The fraction of sp³-hybridized carbons (Fsp3) is 0.333. The first kappa shape index (κ1) is 11.8. The zero-order valence-corrected chi connectivity index (χ0v) is 9.65. The number of hydrogen-bond acceptors (Lipinski definition) is 4. The molecule has 0 fully saturated rings. The van der Waals surface area contributed by atoms with Crippen LogP contribution in [0.5, 0.6) is 0 Å². The zero-order chi connectivity index (χ0) is 12.1. The van der Waals surface area contributed by atoms with E-state index in [1.54, 1.807) is 18.0 Å². The molecule has 1 unspecified atom stereocenters. The van der Waals surface area contributed by atoms with Crippen molar-refractivity contribution in [3.63, 3.8) is 0 Å². The van der Waals surface area contributed by atoms with E-state index in [1.165, 1.54) is 0 Å². The van der Waals surface area contributed by atoms with Crippen LogP contribution in [0.4, 0.5) is 0 Å². The number of aliphatic hydroxyl groups excluding tert-OH is 1. The van der Waals surface area contributed by atoms with Gasteiger partial charge in [0, 0.05) is 20.1 Å². The predicted molar refractivity (Wildman–Crippen MR) is 62.8 cm³/mol. The maximum absolute atomic E-state index is 10.0. The molecule has 0 saturated carbocycles. The summed E-state index contributed by atoms with van der Waals surface area (Å²) in [6, 6.07) is 9.61. The Morgan fingerprint density at radius 2 is 2.12 bits per heavy atom. The molecule has 1 heterocycles. The van der Waals surface area contributed by atoms with Crippen LogP contribution in [-0.2, 0) is 4.74 Å². The van der Waals surface area contributed by atoms with Crippen molar-refractivity contribution >= 4 is 0 Å². The molecular formula is C12H15N3O2. The van der Waals surface area contributed by atoms with Gasteiger partial charge >= 0.3 is 0 Å². The minimum Gasteiger partial charge on any atom is -0.387 e. The van der Waals surface area contributed by atoms with E-state index < -0.39 is 6.10 Å². The number of aromatic nitrogens is 3. The number of aliphatic hydroxyl groups is 1. The molecular weight excluding hydrogens is 218 g/mol. The molecule has 5 heteroatoms. The van der Waals surface area contributed by atoms with Crippen LogP contribution in [-0.4, -0.2) is 33.8 Å². The van der Waals surface area contributed by atoms with E-state index in [-0.39, 0.29) is 0 Å². The summed E-state index contributed by atoms with van der Waals surface area (Å²) in [5, 5.41) is 17.8. The van der Waals surface area contributed by atoms with Crippen LogP contribution in [0.25, 0.3) is 5.69 Å². The number of rotatable bonds is 5. The van der Waals surface area contributed by atoms with Crippen molar-refractivity contribution in [3.8, 4) is 5.69 Å². The molecule has 0 bridgehead atoms. The molecule has 5 nitrogen and oxygen atoms in total. The van der Waals surface area contributed by atoms with E-state index in [0.29, 0.717) is 18.7 Å². The SMILES string of the molecule is COCCC(O)c1cnnn1-c1ccccc1. The molecule has 0 aliphatic heterocycles. The molecule has 0 amide bonds. The van der Waals surface area contributed by atoms with E-state index in [2.05, 4.69) is 10.3 Å². The number of hydrogen-bond donors (Lipinski definition) is 1. The summed E-state index contributed by atoms with van der Waals surface area (Å²) in [5.41, 5.74) is 1.56. The van der Waals surface area contributed by atoms with Crippen molar-refractivity contribution in [1.82, 2.24) is 15.0 Å². The Kier molecular flexibility index (Phi) is 3.85. The van der Waals surface area contributed by atoms with Gasteiger partial charge in [-0.05, 0) is 12.1 Å². The predicted octanol–water partition coefficient (Wildman–Crippen LogP) is 1.34. The van der Waals surface area contributed by atoms with Crippen LogP contribution in [0.3, 0.4) is 0 Å². The molecule has 0 saturated heterocycles. The lowest BCUT2D eigenvalue weighted by atomic mass is 10.2. The highest BCUT2D eigenvalue weighted by molar-refractivity contribution is 5.31. The summed E-state index contributed by atoms with van der Waals surface area (Å²) >= 11 is 0. The molecule has 2 aromatic rings. The summed E-state index contributed by atoms with van der Waals surface area (Å²) in [4.78, 5) is 0. The topological polar surface area (TPSA) is 60.2 Å². The number of nitrogens with zero attached hydrogens (tertiary/aromatic N) is 3. The highest BCUT2D eigenvalue weighted by Gasteiger charge is 2.14. The maximum Gasteiger partial charge on any atom is 0.0999 e. The summed E-state index contributed by atoms with van der Waals surface area (Å²) < 4.78 is 6.59. The normalized spacial score (nSPS) is 12.6. The van der Waals surface area contributed by atoms with Gasteiger partial charge in [-0.1, -0.05) is 23.4 Å². The third-order valence-electron chi connectivity index (χ3n) is 2.51. The molecule has 1 N–H and O–H groups in total. The van der Waals surface area contributed by atoms with Gasteiger partial charge in [0.2, 0.25) is 0 Å². The van der Waals surface area contributed by atoms with Crippen LogP contribution >= 0.6 is 0 Å². The molecule has 90 valence electrons. The van der Waals surface area contributed by atoms with E-state index in [4.69, 9.17) is 4.74 Å². The van der Waals surface area contributed by atoms with E-state index in [9.17, 15) is 5.11 Å². The maximum atomic E-state index is 10.0. The number of ether oxygens (including phenoxy) is 1. The lowest BCUT2D eigenvalue weighted by molar-refractivity contribution is 0.106. The number of para-hydroxylation sites is 1. The molecule has 0 aliphatic rings. The first-order valence-corrected chi connectivity index (χ1v) is 5.46. The molecule has 1 atom stereocenters. The van der Waals surface area contributed by atoms with Crippen molar-refractivity contribution in [3.05, 3.63) is 42.2 Å². The Labute approximate surface area is 99.7 Å². The molecule has 1 aromatic carbocycles. The van der Waals surface area contributed by atoms with Crippen molar-refractivity contribution in [2.24, 2.45) is 0 Å². The molecule has 0 spiro atoms. The third kappa shape index (κ3) is 2.69. The molecule has 1 aromatic heterocycles. The van der Waals surface area contributed by atoms with E-state index in [0.717, 1.165) is 5.69 Å². The lowest BCUT2D eigenvalue weighted by Gasteiger charge is -2.11. The van der Waals surface area contributed by atoms with Gasteiger partial charge in [0.1, 0.15) is 0 Å². The third-order valence-corrected chi connectivity index (χ3v) is 2.51. The second-order valence-electron chi connectivity index (χ2n) is 3.70. The fourth-order valence-electron chi connectivity index (χ4n) is 1.62. The van der Waals surface area contributed by atoms with Gasteiger partial charge < -0.3 is 9.84 Å². The lowest BCUT2D eigenvalue weighted by Crippen LogP contribution is -2.09. The monoisotopic (exact) mass is 233 g/mol. The summed E-state index contributed by atoms with van der Waals surface area (Å²) in [7, 11) is 1.61. The van der Waals surface area contributed by atoms with Gasteiger partial charge in [0.25, 0.3) is 0 Å². The summed E-state index contributed by atoms with van der Waals surface area (Å²) in [6.07, 6.45) is 1.48. The Morgan fingerprint density at radius 3 is 2.82 bits per heavy atom. The first-order valence-electron chi connectivity index (χ1n) is 5.46. The average Bonchev–Trinajstić information content (AvgIpc) is 2.86. The zero-order valence-electron chi connectivity index (χ0n) is 9.65. The summed E-state index contributed by atoms with van der Waals surface area (Å²) in [5.74, 6) is 0. The van der Waals surface area contributed by atoms with Gasteiger partial charge in [0.15, 0.2) is 0 Å². The smallest absolute Gasteiger partial charge is 0.0999 e. The van der Waals surface area contributed by atoms with Crippen LogP contribution in [0.15, 0.2) is 36.5 Å². The average molecular weight is 233 g/mol.